The smallest absolute Gasteiger partial charge is 0.305 e. The minimum Gasteiger partial charge on any atom is -0.451 e. The van der Waals surface area contributed by atoms with Crippen LogP contribution >= 0.6 is 12.2 Å². The van der Waals surface area contributed by atoms with Crippen LogP contribution in [0.1, 0.15) is 43.7 Å². The Hall–Kier alpha value is -2.41. The molecule has 0 bridgehead atoms. The topological polar surface area (TPSA) is 66.3 Å². The first-order valence-corrected chi connectivity index (χ1v) is 9.58. The number of thiocarbonyl (C=S) groups is 1. The number of carbonyl (C=O) groups is 1. The largest absolute Gasteiger partial charge is 0.451 e. The van der Waals surface area contributed by atoms with Crippen LogP contribution in [0.4, 0.5) is 4.39 Å². The zero-order valence-corrected chi connectivity index (χ0v) is 16.2. The highest BCUT2D eigenvalue weighted by molar-refractivity contribution is 7.80. The normalized spacial score (nSPS) is 22.1. The Morgan fingerprint density at radius 2 is 1.93 bits per heavy atom. The molecule has 0 radical (unpaired) electrons. The van der Waals surface area contributed by atoms with Gasteiger partial charge in [0.1, 0.15) is 11.6 Å². The van der Waals surface area contributed by atoms with Gasteiger partial charge in [-0.2, -0.15) is 0 Å². The van der Waals surface area contributed by atoms with Crippen molar-refractivity contribution in [3.8, 4) is 11.3 Å². The highest BCUT2D eigenvalue weighted by Gasteiger charge is 2.27. The molecule has 0 unspecified atom stereocenters. The summed E-state index contributed by atoms with van der Waals surface area (Å²) in [5.74, 6) is 0.647. The van der Waals surface area contributed by atoms with Crippen molar-refractivity contribution in [2.45, 2.75) is 39.2 Å². The lowest BCUT2D eigenvalue weighted by Gasteiger charge is -2.35. The Labute approximate surface area is 163 Å². The van der Waals surface area contributed by atoms with Gasteiger partial charge in [-0.05, 0) is 54.7 Å². The third kappa shape index (κ3) is 4.66. The van der Waals surface area contributed by atoms with Crippen molar-refractivity contribution < 1.29 is 13.6 Å². The molecule has 1 heterocycles. The second kappa shape index (κ2) is 8.52. The monoisotopic (exact) mass is 389 g/mol. The number of rotatable bonds is 3. The van der Waals surface area contributed by atoms with Crippen molar-refractivity contribution in [1.29, 1.82) is 0 Å². The molecule has 1 aromatic heterocycles. The lowest BCUT2D eigenvalue weighted by Crippen LogP contribution is -2.52. The zero-order valence-electron chi connectivity index (χ0n) is 15.4. The summed E-state index contributed by atoms with van der Waals surface area (Å²) < 4.78 is 19.3. The summed E-state index contributed by atoms with van der Waals surface area (Å²) in [6.45, 7) is 4.47. The molecule has 1 fully saturated rings. The first kappa shape index (κ1) is 19.4. The van der Waals surface area contributed by atoms with Gasteiger partial charge in [0.15, 0.2) is 10.9 Å². The average molecular weight is 389 g/mol. The molecular formula is C20H24FN3O2S. The first-order valence-electron chi connectivity index (χ1n) is 9.17. The Kier molecular flexibility index (Phi) is 6.11. The fraction of sp³-hybridized carbons (Fsp3) is 0.400. The van der Waals surface area contributed by atoms with Crippen LogP contribution in [0.3, 0.4) is 0 Å². The molecule has 0 saturated heterocycles. The summed E-state index contributed by atoms with van der Waals surface area (Å²) in [4.78, 5) is 12.2. The van der Waals surface area contributed by atoms with Crippen LogP contribution in [0.5, 0.6) is 0 Å². The molecule has 1 aliphatic rings. The van der Waals surface area contributed by atoms with E-state index in [2.05, 4.69) is 30.0 Å². The maximum Gasteiger partial charge on any atom is 0.305 e. The fourth-order valence-electron chi connectivity index (χ4n) is 3.43. The van der Waals surface area contributed by atoms with E-state index in [0.29, 0.717) is 34.3 Å². The van der Waals surface area contributed by atoms with Crippen molar-refractivity contribution in [3.05, 3.63) is 48.0 Å². The van der Waals surface area contributed by atoms with E-state index in [1.165, 1.54) is 25.0 Å². The van der Waals surface area contributed by atoms with Gasteiger partial charge in [-0.15, -0.1) is 0 Å². The molecular weight excluding hydrogens is 365 g/mol. The van der Waals surface area contributed by atoms with Crippen LogP contribution in [0, 0.1) is 17.7 Å². The van der Waals surface area contributed by atoms with Gasteiger partial charge < -0.3 is 9.73 Å². The van der Waals surface area contributed by atoms with Crippen molar-refractivity contribution in [2.75, 3.05) is 0 Å². The standard InChI is InChI=1S/C20H24FN3O2S/c1-12-6-5-9-16(13(12)2)22-20(27)24-23-19(25)18-11-10-17(26-18)14-7-3-4-8-15(14)21/h3-4,7-8,10-13,16H,5-6,9H2,1-2H3,(H,23,25)(H2,22,24,27)/t12-,13+,16+/m0/s1. The number of hydrogen-bond donors (Lipinski definition) is 3. The number of furan rings is 1. The van der Waals surface area contributed by atoms with E-state index in [-0.39, 0.29) is 5.76 Å². The van der Waals surface area contributed by atoms with Crippen LogP contribution < -0.4 is 16.2 Å². The molecule has 0 aliphatic heterocycles. The van der Waals surface area contributed by atoms with E-state index >= 15 is 0 Å². The summed E-state index contributed by atoms with van der Waals surface area (Å²) in [6, 6.07) is 9.60. The number of amides is 1. The van der Waals surface area contributed by atoms with Crippen molar-refractivity contribution >= 4 is 23.2 Å². The minimum absolute atomic E-state index is 0.0724. The van der Waals surface area contributed by atoms with Gasteiger partial charge in [-0.1, -0.05) is 38.8 Å². The van der Waals surface area contributed by atoms with Crippen LogP contribution in [-0.4, -0.2) is 17.1 Å². The highest BCUT2D eigenvalue weighted by atomic mass is 32.1. The molecule has 7 heteroatoms. The van der Waals surface area contributed by atoms with Crippen LogP contribution in [0.15, 0.2) is 40.8 Å². The molecule has 27 heavy (non-hydrogen) atoms. The second-order valence-electron chi connectivity index (χ2n) is 7.07. The molecule has 2 aromatic rings. The third-order valence-corrected chi connectivity index (χ3v) is 5.50. The van der Waals surface area contributed by atoms with E-state index in [0.717, 1.165) is 6.42 Å². The molecule has 144 valence electrons. The van der Waals surface area contributed by atoms with Crippen LogP contribution in [0.25, 0.3) is 11.3 Å². The van der Waals surface area contributed by atoms with Gasteiger partial charge in [0, 0.05) is 6.04 Å². The maximum atomic E-state index is 13.8. The summed E-state index contributed by atoms with van der Waals surface area (Å²) in [6.07, 6.45) is 3.47. The zero-order chi connectivity index (χ0) is 19.4. The van der Waals surface area contributed by atoms with E-state index < -0.39 is 11.7 Å². The third-order valence-electron chi connectivity index (χ3n) is 5.28. The summed E-state index contributed by atoms with van der Waals surface area (Å²) in [5, 5.41) is 3.64. The average Bonchev–Trinajstić information content (AvgIpc) is 3.14. The molecule has 3 rings (SSSR count). The van der Waals surface area contributed by atoms with Gasteiger partial charge in [-0.25, -0.2) is 4.39 Å². The maximum absolute atomic E-state index is 13.8. The summed E-state index contributed by atoms with van der Waals surface area (Å²) in [7, 11) is 0. The Balaban J connectivity index is 1.54. The number of hydrazine groups is 1. The predicted molar refractivity (Wildman–Crippen MR) is 106 cm³/mol. The molecule has 1 aromatic carbocycles. The molecule has 1 aliphatic carbocycles. The van der Waals surface area contributed by atoms with E-state index in [1.807, 2.05) is 0 Å². The molecule has 1 saturated carbocycles. The number of carbonyl (C=O) groups excluding carboxylic acids is 1. The molecule has 3 atom stereocenters. The molecule has 3 N–H and O–H groups in total. The van der Waals surface area contributed by atoms with Gasteiger partial charge in [0.05, 0.1) is 5.56 Å². The van der Waals surface area contributed by atoms with Gasteiger partial charge in [0.2, 0.25) is 0 Å². The fourth-order valence-corrected chi connectivity index (χ4v) is 3.63. The Bertz CT molecular complexity index is 823. The highest BCUT2D eigenvalue weighted by Crippen LogP contribution is 2.29. The van der Waals surface area contributed by atoms with Crippen molar-refractivity contribution in [3.63, 3.8) is 0 Å². The molecule has 1 amide bonds. The minimum atomic E-state index is -0.480. The number of nitrogens with one attached hydrogen (secondary N) is 3. The quantitative estimate of drug-likeness (QED) is 0.547. The second-order valence-corrected chi connectivity index (χ2v) is 7.48. The van der Waals surface area contributed by atoms with Crippen LogP contribution in [-0.2, 0) is 0 Å². The van der Waals surface area contributed by atoms with Gasteiger partial charge in [0.25, 0.3) is 0 Å². The summed E-state index contributed by atoms with van der Waals surface area (Å²) >= 11 is 5.28. The van der Waals surface area contributed by atoms with E-state index in [1.54, 1.807) is 24.3 Å². The lowest BCUT2D eigenvalue weighted by atomic mass is 9.78. The molecule has 5 nitrogen and oxygen atoms in total. The number of benzene rings is 1. The van der Waals surface area contributed by atoms with E-state index in [9.17, 15) is 9.18 Å². The summed E-state index contributed by atoms with van der Waals surface area (Å²) in [5.41, 5.74) is 5.53. The van der Waals surface area contributed by atoms with Crippen molar-refractivity contribution in [2.24, 2.45) is 11.8 Å². The van der Waals surface area contributed by atoms with E-state index in [4.69, 9.17) is 16.6 Å². The molecule has 0 spiro atoms. The Morgan fingerprint density at radius 3 is 2.70 bits per heavy atom. The SMILES string of the molecule is C[C@@H]1[C@@H](C)CCC[C@H]1NC(=S)NNC(=O)c1ccc(-c2ccccc2F)o1. The van der Waals surface area contributed by atoms with Gasteiger partial charge in [-0.3, -0.25) is 15.6 Å². The van der Waals surface area contributed by atoms with Crippen molar-refractivity contribution in [1.82, 2.24) is 16.2 Å². The predicted octanol–water partition coefficient (Wildman–Crippen LogP) is 4.02. The Morgan fingerprint density at radius 1 is 1.15 bits per heavy atom. The number of halogens is 1. The van der Waals surface area contributed by atoms with Gasteiger partial charge >= 0.3 is 5.91 Å². The number of hydrogen-bond acceptors (Lipinski definition) is 3. The first-order chi connectivity index (χ1) is 13.0. The van der Waals surface area contributed by atoms with Crippen LogP contribution in [0.2, 0.25) is 0 Å². The lowest BCUT2D eigenvalue weighted by molar-refractivity contribution is 0.0916.